The van der Waals surface area contributed by atoms with E-state index in [1.54, 1.807) is 0 Å². The molecule has 4 heteroatoms. The summed E-state index contributed by atoms with van der Waals surface area (Å²) in [6, 6.07) is 0. The average molecular weight is 136 g/mol. The van der Waals surface area contributed by atoms with Gasteiger partial charge in [0.15, 0.2) is 6.34 Å². The lowest BCUT2D eigenvalue weighted by Crippen LogP contribution is -1.89. The maximum atomic E-state index is 3.81. The first-order valence-electron chi connectivity index (χ1n) is 3.06. The van der Waals surface area contributed by atoms with Crippen molar-refractivity contribution in [2.24, 2.45) is 26.3 Å². The van der Waals surface area contributed by atoms with Crippen LogP contribution in [0.3, 0.4) is 0 Å². The predicted octanol–water partition coefficient (Wildman–Crippen LogP) is 1.61. The van der Waals surface area contributed by atoms with E-state index in [2.05, 4.69) is 26.3 Å². The van der Waals surface area contributed by atoms with Crippen LogP contribution < -0.4 is 0 Å². The quantitative estimate of drug-likeness (QED) is 0.525. The van der Waals surface area contributed by atoms with Crippen LogP contribution in [-0.2, 0) is 0 Å². The second-order valence-electron chi connectivity index (χ2n) is 2.20. The van der Waals surface area contributed by atoms with Gasteiger partial charge in [-0.15, -0.1) is 20.4 Å². The highest BCUT2D eigenvalue weighted by Crippen LogP contribution is 2.07. The first-order chi connectivity index (χ1) is 4.80. The van der Waals surface area contributed by atoms with Crippen molar-refractivity contribution in [1.82, 2.24) is 0 Å². The number of nitrogens with zero attached hydrogens (tertiary/aromatic N) is 4. The average Bonchev–Trinajstić information content (AvgIpc) is 2.12. The normalized spacial score (nSPS) is 15.7. The van der Waals surface area contributed by atoms with Crippen molar-refractivity contribution < 1.29 is 0 Å². The van der Waals surface area contributed by atoms with E-state index >= 15 is 0 Å². The lowest BCUT2D eigenvalue weighted by molar-refractivity contribution is 0.756. The fourth-order valence-corrected chi connectivity index (χ4v) is 0.484. The Morgan fingerprint density at radius 2 is 2.30 bits per heavy atom. The first kappa shape index (κ1) is 6.83. The summed E-state index contributed by atoms with van der Waals surface area (Å²) in [7, 11) is 0. The number of hydrogen-bond donors (Lipinski definition) is 0. The van der Waals surface area contributed by atoms with Gasteiger partial charge in [-0.1, -0.05) is 13.8 Å². The molecule has 0 saturated carbocycles. The molecule has 0 saturated heterocycles. The van der Waals surface area contributed by atoms with Crippen molar-refractivity contribution in [3.63, 3.8) is 0 Å². The van der Waals surface area contributed by atoms with Gasteiger partial charge in [0.25, 0.3) is 0 Å². The van der Waals surface area contributed by atoms with Crippen LogP contribution in [-0.4, -0.2) is 12.2 Å². The van der Waals surface area contributed by atoms with Crippen LogP contribution in [0, 0.1) is 5.92 Å². The Morgan fingerprint density at radius 1 is 1.50 bits per heavy atom. The summed E-state index contributed by atoms with van der Waals surface area (Å²) < 4.78 is 0. The molecule has 1 aliphatic rings. The zero-order valence-electron chi connectivity index (χ0n) is 5.94. The summed E-state index contributed by atoms with van der Waals surface area (Å²) in [4.78, 5) is 0. The van der Waals surface area contributed by atoms with Crippen LogP contribution in [0.4, 0.5) is 0 Å². The minimum Gasteiger partial charge on any atom is -0.144 e. The lowest BCUT2D eigenvalue weighted by atomic mass is 10.2. The van der Waals surface area contributed by atoms with Crippen LogP contribution in [0.2, 0.25) is 0 Å². The number of rotatable bonds is 1. The first-order valence-corrected chi connectivity index (χ1v) is 3.06. The summed E-state index contributed by atoms with van der Waals surface area (Å²) in [5, 5.41) is 14.5. The van der Waals surface area contributed by atoms with Gasteiger partial charge in [0.2, 0.25) is 0 Å². The van der Waals surface area contributed by atoms with Gasteiger partial charge < -0.3 is 0 Å². The topological polar surface area (TPSA) is 49.4 Å². The Kier molecular flexibility index (Phi) is 2.07. The molecule has 0 spiro atoms. The van der Waals surface area contributed by atoms with Gasteiger partial charge >= 0.3 is 0 Å². The maximum absolute atomic E-state index is 3.81. The van der Waals surface area contributed by atoms with Crippen LogP contribution in [0.5, 0.6) is 0 Å². The molecule has 1 aliphatic heterocycles. The molecule has 0 radical (unpaired) electrons. The molecule has 10 heavy (non-hydrogen) atoms. The Morgan fingerprint density at radius 3 is 3.00 bits per heavy atom. The fourth-order valence-electron chi connectivity index (χ4n) is 0.484. The van der Waals surface area contributed by atoms with Gasteiger partial charge in [0, 0.05) is 11.8 Å². The summed E-state index contributed by atoms with van der Waals surface area (Å²) in [5.41, 5.74) is 0.734. The number of hydrogen-bond acceptors (Lipinski definition) is 4. The van der Waals surface area contributed by atoms with E-state index in [0.717, 1.165) is 5.70 Å². The van der Waals surface area contributed by atoms with Gasteiger partial charge in [-0.2, -0.15) is 0 Å². The monoisotopic (exact) mass is 136 g/mol. The van der Waals surface area contributed by atoms with Crippen molar-refractivity contribution in [1.29, 1.82) is 0 Å². The molecule has 0 N–H and O–H groups in total. The highest BCUT2D eigenvalue weighted by molar-refractivity contribution is 5.62. The minimum atomic E-state index is 0.300. The molecule has 0 bridgehead atoms. The number of azo groups is 1. The molecule has 0 aliphatic carbocycles. The van der Waals surface area contributed by atoms with Crippen LogP contribution in [0.15, 0.2) is 26.1 Å². The Balaban J connectivity index is 2.87. The van der Waals surface area contributed by atoms with Crippen LogP contribution in [0.1, 0.15) is 13.8 Å². The zero-order chi connectivity index (χ0) is 7.40. The summed E-state index contributed by atoms with van der Waals surface area (Å²) in [5.74, 6) is 2.96. The lowest BCUT2D eigenvalue weighted by Gasteiger charge is -1.95. The predicted molar refractivity (Wildman–Crippen MR) is 39.1 cm³/mol. The summed E-state index contributed by atoms with van der Waals surface area (Å²) >= 11 is 0. The van der Waals surface area contributed by atoms with E-state index in [1.165, 1.54) is 6.34 Å². The molecule has 0 atom stereocenters. The largest absolute Gasteiger partial charge is 0.161 e. The standard InChI is InChI=1S/C6H8N4/c1-5(2)6-3-7-8-4-9-10-6/h4-5H,1-2H3. The van der Waals surface area contributed by atoms with E-state index in [0.29, 0.717) is 5.92 Å². The molecule has 0 aromatic heterocycles. The summed E-state index contributed by atoms with van der Waals surface area (Å²) in [6.45, 7) is 4.00. The molecular weight excluding hydrogens is 128 g/mol. The Bertz CT molecular complexity index is 230. The third-order valence-electron chi connectivity index (χ3n) is 1.04. The van der Waals surface area contributed by atoms with Gasteiger partial charge in [-0.3, -0.25) is 0 Å². The zero-order valence-corrected chi connectivity index (χ0v) is 5.94. The Labute approximate surface area is 59.1 Å². The number of allylic oxidation sites excluding steroid dienone is 1. The molecule has 4 nitrogen and oxygen atoms in total. The molecule has 0 unspecified atom stereocenters. The van der Waals surface area contributed by atoms with E-state index in [9.17, 15) is 0 Å². The van der Waals surface area contributed by atoms with Gasteiger partial charge in [0.1, 0.15) is 5.70 Å². The highest BCUT2D eigenvalue weighted by Gasteiger charge is 2.00. The van der Waals surface area contributed by atoms with Crippen molar-refractivity contribution in [3.8, 4) is 0 Å². The highest BCUT2D eigenvalue weighted by atomic mass is 15.3. The van der Waals surface area contributed by atoms with Crippen LogP contribution in [0.25, 0.3) is 0 Å². The van der Waals surface area contributed by atoms with E-state index in [4.69, 9.17) is 0 Å². The smallest absolute Gasteiger partial charge is 0.144 e. The Hall–Kier alpha value is -1.28. The van der Waals surface area contributed by atoms with Crippen molar-refractivity contribution in [2.75, 3.05) is 0 Å². The SMILES string of the molecule is CC(C)C1=C=NN=CN=N1. The van der Waals surface area contributed by atoms with E-state index < -0.39 is 0 Å². The third kappa shape index (κ3) is 1.60. The molecule has 0 aromatic rings. The molecule has 52 valence electrons. The van der Waals surface area contributed by atoms with Gasteiger partial charge in [0.05, 0.1) is 0 Å². The molecule has 0 fully saturated rings. The van der Waals surface area contributed by atoms with Crippen LogP contribution >= 0.6 is 0 Å². The molecular formula is C6H8N4. The minimum absolute atomic E-state index is 0.300. The van der Waals surface area contributed by atoms with Crippen molar-refractivity contribution in [2.45, 2.75) is 13.8 Å². The molecule has 1 heterocycles. The van der Waals surface area contributed by atoms with E-state index in [1.807, 2.05) is 13.8 Å². The summed E-state index contributed by atoms with van der Waals surface area (Å²) in [6.07, 6.45) is 1.29. The second kappa shape index (κ2) is 3.03. The fraction of sp³-hybridized carbons (Fsp3) is 0.500. The van der Waals surface area contributed by atoms with Gasteiger partial charge in [-0.25, -0.2) is 0 Å². The third-order valence-corrected chi connectivity index (χ3v) is 1.04. The van der Waals surface area contributed by atoms with Crippen molar-refractivity contribution >= 4 is 12.2 Å². The second-order valence-corrected chi connectivity index (χ2v) is 2.20. The van der Waals surface area contributed by atoms with Gasteiger partial charge in [-0.05, 0) is 0 Å². The van der Waals surface area contributed by atoms with E-state index in [-0.39, 0.29) is 0 Å². The maximum Gasteiger partial charge on any atom is 0.161 e. The molecule has 1 rings (SSSR count). The molecule has 0 aromatic carbocycles. The van der Waals surface area contributed by atoms with Crippen molar-refractivity contribution in [3.05, 3.63) is 5.70 Å². The molecule has 0 amide bonds.